The smallest absolute Gasteiger partial charge is 0.294 e. The topological polar surface area (TPSA) is 84.9 Å². The van der Waals surface area contributed by atoms with E-state index in [-0.39, 0.29) is 22.1 Å². The SMILES string of the molecule is COc1ccc(/C=C2/SC(=O)N(CC(=O)Nc3cccc(SC)c3)C2=O)cc1OCc1c(F)cccc1Cl. The summed E-state index contributed by atoms with van der Waals surface area (Å²) in [5, 5.41) is 2.39. The molecule has 0 aromatic heterocycles. The molecule has 196 valence electrons. The first-order valence-electron chi connectivity index (χ1n) is 11.2. The molecule has 0 radical (unpaired) electrons. The van der Waals surface area contributed by atoms with E-state index in [0.29, 0.717) is 22.7 Å². The maximum Gasteiger partial charge on any atom is 0.294 e. The Morgan fingerprint density at radius 2 is 1.92 bits per heavy atom. The quantitative estimate of drug-likeness (QED) is 0.232. The molecule has 1 N–H and O–H groups in total. The molecule has 0 bridgehead atoms. The van der Waals surface area contributed by atoms with E-state index < -0.39 is 29.4 Å². The van der Waals surface area contributed by atoms with Gasteiger partial charge in [0.25, 0.3) is 11.1 Å². The summed E-state index contributed by atoms with van der Waals surface area (Å²) in [6.07, 6.45) is 3.44. The molecule has 1 aliphatic heterocycles. The van der Waals surface area contributed by atoms with Crippen LogP contribution in [0.3, 0.4) is 0 Å². The fourth-order valence-electron chi connectivity index (χ4n) is 3.55. The average molecular weight is 573 g/mol. The summed E-state index contributed by atoms with van der Waals surface area (Å²) in [6, 6.07) is 16.5. The molecule has 1 fully saturated rings. The van der Waals surface area contributed by atoms with Crippen molar-refractivity contribution in [3.63, 3.8) is 0 Å². The van der Waals surface area contributed by atoms with E-state index in [1.54, 1.807) is 36.4 Å². The molecule has 3 aromatic carbocycles. The van der Waals surface area contributed by atoms with Crippen LogP contribution in [0.2, 0.25) is 5.02 Å². The van der Waals surface area contributed by atoms with E-state index in [4.69, 9.17) is 21.1 Å². The summed E-state index contributed by atoms with van der Waals surface area (Å²) >= 11 is 8.35. The predicted molar refractivity (Wildman–Crippen MR) is 148 cm³/mol. The fourth-order valence-corrected chi connectivity index (χ4v) is 5.06. The molecule has 0 aliphatic carbocycles. The lowest BCUT2D eigenvalue weighted by Gasteiger charge is -2.13. The van der Waals surface area contributed by atoms with E-state index >= 15 is 0 Å². The number of carbonyl (C=O) groups is 3. The van der Waals surface area contributed by atoms with Gasteiger partial charge in [0.2, 0.25) is 5.91 Å². The van der Waals surface area contributed by atoms with Crippen LogP contribution in [-0.4, -0.2) is 41.9 Å². The summed E-state index contributed by atoms with van der Waals surface area (Å²) in [5.74, 6) is -0.873. The number of hydrogen-bond donors (Lipinski definition) is 1. The number of nitrogens with zero attached hydrogens (tertiary/aromatic N) is 1. The van der Waals surface area contributed by atoms with Crippen LogP contribution in [0, 0.1) is 5.82 Å². The summed E-state index contributed by atoms with van der Waals surface area (Å²) in [5.41, 5.74) is 1.32. The highest BCUT2D eigenvalue weighted by Crippen LogP contribution is 2.35. The van der Waals surface area contributed by atoms with Crippen molar-refractivity contribution in [3.8, 4) is 11.5 Å². The summed E-state index contributed by atoms with van der Waals surface area (Å²) < 4.78 is 25.2. The Kier molecular flexibility index (Phi) is 8.98. The predicted octanol–water partition coefficient (Wildman–Crippen LogP) is 6.46. The lowest BCUT2D eigenvalue weighted by molar-refractivity contribution is -0.127. The van der Waals surface area contributed by atoms with Crippen molar-refractivity contribution in [2.75, 3.05) is 25.2 Å². The van der Waals surface area contributed by atoms with Crippen LogP contribution >= 0.6 is 35.1 Å². The Hall–Kier alpha value is -3.47. The van der Waals surface area contributed by atoms with Crippen molar-refractivity contribution in [2.45, 2.75) is 11.5 Å². The van der Waals surface area contributed by atoms with Gasteiger partial charge in [0.15, 0.2) is 11.5 Å². The normalized spacial score (nSPS) is 14.2. The minimum absolute atomic E-state index is 0.142. The summed E-state index contributed by atoms with van der Waals surface area (Å²) in [7, 11) is 1.46. The standard InChI is InChI=1S/C27H22ClFN2O5S2/c1-35-22-10-9-16(11-23(22)36-15-19-20(28)7-4-8-21(19)29)12-24-26(33)31(27(34)38-24)14-25(32)30-17-5-3-6-18(13-17)37-2/h3-13H,14-15H2,1-2H3,(H,30,32)/b24-12+. The number of methoxy groups -OCH3 is 1. The number of halogens is 2. The van der Waals surface area contributed by atoms with Gasteiger partial charge in [-0.05, 0) is 72.1 Å². The highest BCUT2D eigenvalue weighted by atomic mass is 35.5. The second-order valence-electron chi connectivity index (χ2n) is 7.95. The molecule has 3 amide bonds. The molecule has 0 saturated carbocycles. The zero-order chi connectivity index (χ0) is 27.2. The fraction of sp³-hybridized carbons (Fsp3) is 0.148. The van der Waals surface area contributed by atoms with Crippen molar-refractivity contribution in [1.82, 2.24) is 4.90 Å². The Morgan fingerprint density at radius 3 is 2.66 bits per heavy atom. The molecule has 1 aliphatic rings. The zero-order valence-corrected chi connectivity index (χ0v) is 22.7. The van der Waals surface area contributed by atoms with Gasteiger partial charge in [-0.3, -0.25) is 19.3 Å². The molecule has 1 saturated heterocycles. The van der Waals surface area contributed by atoms with Crippen molar-refractivity contribution in [1.29, 1.82) is 0 Å². The summed E-state index contributed by atoms with van der Waals surface area (Å²) in [4.78, 5) is 40.0. The first-order valence-corrected chi connectivity index (χ1v) is 13.6. The number of nitrogens with one attached hydrogen (secondary N) is 1. The number of thioether (sulfide) groups is 2. The average Bonchev–Trinajstić information content (AvgIpc) is 3.15. The van der Waals surface area contributed by atoms with Crippen LogP contribution in [0.25, 0.3) is 6.08 Å². The van der Waals surface area contributed by atoms with E-state index in [0.717, 1.165) is 21.6 Å². The van der Waals surface area contributed by atoms with E-state index in [1.165, 1.54) is 37.1 Å². The molecule has 38 heavy (non-hydrogen) atoms. The number of benzene rings is 3. The lowest BCUT2D eigenvalue weighted by Crippen LogP contribution is -2.36. The molecule has 0 unspecified atom stereocenters. The van der Waals surface area contributed by atoms with Crippen LogP contribution in [0.15, 0.2) is 70.5 Å². The van der Waals surface area contributed by atoms with Gasteiger partial charge < -0.3 is 14.8 Å². The molecule has 7 nitrogen and oxygen atoms in total. The van der Waals surface area contributed by atoms with Gasteiger partial charge in [-0.25, -0.2) is 4.39 Å². The van der Waals surface area contributed by atoms with Gasteiger partial charge in [-0.15, -0.1) is 11.8 Å². The van der Waals surface area contributed by atoms with Crippen molar-refractivity contribution >= 4 is 63.9 Å². The van der Waals surface area contributed by atoms with Crippen molar-refractivity contribution in [2.24, 2.45) is 0 Å². The Balaban J connectivity index is 1.47. The third kappa shape index (κ3) is 6.50. The number of ether oxygens (including phenoxy) is 2. The van der Waals surface area contributed by atoms with Gasteiger partial charge in [0.05, 0.1) is 17.0 Å². The maximum absolute atomic E-state index is 14.1. The number of amides is 3. The van der Waals surface area contributed by atoms with Gasteiger partial charge >= 0.3 is 0 Å². The minimum atomic E-state index is -0.579. The number of carbonyl (C=O) groups excluding carboxylic acids is 3. The highest BCUT2D eigenvalue weighted by molar-refractivity contribution is 8.18. The minimum Gasteiger partial charge on any atom is -0.493 e. The Morgan fingerprint density at radius 1 is 1.13 bits per heavy atom. The molecular formula is C27H22ClFN2O5S2. The molecular weight excluding hydrogens is 551 g/mol. The van der Waals surface area contributed by atoms with Crippen LogP contribution < -0.4 is 14.8 Å². The molecule has 11 heteroatoms. The van der Waals surface area contributed by atoms with Crippen molar-refractivity contribution < 1.29 is 28.2 Å². The molecule has 1 heterocycles. The zero-order valence-electron chi connectivity index (χ0n) is 20.3. The number of anilines is 1. The van der Waals surface area contributed by atoms with E-state index in [9.17, 15) is 18.8 Å². The maximum atomic E-state index is 14.1. The third-order valence-corrected chi connectivity index (χ3v) is 7.43. The number of rotatable bonds is 9. The van der Waals surface area contributed by atoms with Crippen molar-refractivity contribution in [3.05, 3.63) is 87.5 Å². The monoisotopic (exact) mass is 572 g/mol. The third-order valence-electron chi connectivity index (χ3n) is 5.45. The molecule has 3 aromatic rings. The number of imide groups is 1. The highest BCUT2D eigenvalue weighted by Gasteiger charge is 2.36. The van der Waals surface area contributed by atoms with Gasteiger partial charge in [-0.2, -0.15) is 0 Å². The van der Waals surface area contributed by atoms with E-state index in [1.807, 2.05) is 18.4 Å². The first kappa shape index (κ1) is 27.6. The van der Waals surface area contributed by atoms with Gasteiger partial charge in [0, 0.05) is 16.1 Å². The number of hydrogen-bond acceptors (Lipinski definition) is 7. The molecule has 4 rings (SSSR count). The van der Waals surface area contributed by atoms with E-state index in [2.05, 4.69) is 5.32 Å². The second-order valence-corrected chi connectivity index (χ2v) is 10.2. The molecule has 0 spiro atoms. The Bertz CT molecular complexity index is 1410. The van der Waals surface area contributed by atoms with Crippen LogP contribution in [0.5, 0.6) is 11.5 Å². The summed E-state index contributed by atoms with van der Waals surface area (Å²) in [6.45, 7) is -0.553. The van der Waals surface area contributed by atoms with Gasteiger partial charge in [0.1, 0.15) is 19.0 Å². The largest absolute Gasteiger partial charge is 0.493 e. The second kappa shape index (κ2) is 12.4. The Labute approximate surface area is 232 Å². The van der Waals surface area contributed by atoms with Crippen LogP contribution in [-0.2, 0) is 16.2 Å². The molecule has 0 atom stereocenters. The van der Waals surface area contributed by atoms with Crippen LogP contribution in [0.1, 0.15) is 11.1 Å². The van der Waals surface area contributed by atoms with Gasteiger partial charge in [-0.1, -0.05) is 29.8 Å². The first-order chi connectivity index (χ1) is 18.3. The van der Waals surface area contributed by atoms with Crippen LogP contribution in [0.4, 0.5) is 14.9 Å². The lowest BCUT2D eigenvalue weighted by atomic mass is 10.1.